The van der Waals surface area contributed by atoms with Crippen LogP contribution in [0.4, 0.5) is 0 Å². The normalized spacial score (nSPS) is 13.0. The highest BCUT2D eigenvalue weighted by molar-refractivity contribution is 5.19. The summed E-state index contributed by atoms with van der Waals surface area (Å²) in [5.41, 5.74) is 1.21. The standard InChI is InChI=1S/C10H16/c1-5-10(4)8-6-7-9(2)3/h5-9H,1H2,2-4H3/b7-6?,10-8-. The zero-order chi connectivity index (χ0) is 7.98. The summed E-state index contributed by atoms with van der Waals surface area (Å²) in [4.78, 5) is 0. The molecule has 0 atom stereocenters. The van der Waals surface area contributed by atoms with Crippen molar-refractivity contribution in [1.29, 1.82) is 0 Å². The maximum absolute atomic E-state index is 3.66. The molecule has 10 heavy (non-hydrogen) atoms. The van der Waals surface area contributed by atoms with Crippen LogP contribution in [0.15, 0.2) is 36.5 Å². The quantitative estimate of drug-likeness (QED) is 0.522. The summed E-state index contributed by atoms with van der Waals surface area (Å²) in [7, 11) is 0. The lowest BCUT2D eigenvalue weighted by Gasteiger charge is -1.90. The monoisotopic (exact) mass is 136 g/mol. The lowest BCUT2D eigenvalue weighted by Crippen LogP contribution is -1.75. The number of hydrogen-bond acceptors (Lipinski definition) is 0. The molecule has 0 aliphatic heterocycles. The topological polar surface area (TPSA) is 0 Å². The van der Waals surface area contributed by atoms with Crippen LogP contribution in [-0.4, -0.2) is 0 Å². The fraction of sp³-hybridized carbons (Fsp3) is 0.400. The predicted octanol–water partition coefficient (Wildman–Crippen LogP) is 3.33. The Morgan fingerprint density at radius 1 is 1.40 bits per heavy atom. The average molecular weight is 136 g/mol. The number of hydrogen-bond donors (Lipinski definition) is 0. The van der Waals surface area contributed by atoms with Crippen LogP contribution in [0.2, 0.25) is 0 Å². The van der Waals surface area contributed by atoms with E-state index < -0.39 is 0 Å². The summed E-state index contributed by atoms with van der Waals surface area (Å²) >= 11 is 0. The third-order valence-electron chi connectivity index (χ3n) is 1.18. The van der Waals surface area contributed by atoms with Crippen LogP contribution < -0.4 is 0 Å². The third kappa shape index (κ3) is 5.36. The molecule has 0 aliphatic carbocycles. The van der Waals surface area contributed by atoms with Crippen LogP contribution in [0.25, 0.3) is 0 Å². The molecular weight excluding hydrogens is 120 g/mol. The van der Waals surface area contributed by atoms with Crippen molar-refractivity contribution < 1.29 is 0 Å². The Labute approximate surface area is 64.0 Å². The van der Waals surface area contributed by atoms with Gasteiger partial charge in [0.25, 0.3) is 0 Å². The van der Waals surface area contributed by atoms with Crippen LogP contribution in [-0.2, 0) is 0 Å². The van der Waals surface area contributed by atoms with Crippen LogP contribution >= 0.6 is 0 Å². The summed E-state index contributed by atoms with van der Waals surface area (Å²) in [5, 5.41) is 0. The maximum Gasteiger partial charge on any atom is -0.0287 e. The Morgan fingerprint density at radius 3 is 2.40 bits per heavy atom. The van der Waals surface area contributed by atoms with Crippen molar-refractivity contribution in [2.45, 2.75) is 20.8 Å². The van der Waals surface area contributed by atoms with Crippen molar-refractivity contribution in [2.24, 2.45) is 5.92 Å². The lowest BCUT2D eigenvalue weighted by atomic mass is 10.2. The average Bonchev–Trinajstić information content (AvgIpc) is 1.87. The van der Waals surface area contributed by atoms with E-state index in [1.165, 1.54) is 5.57 Å². The minimum atomic E-state index is 0.633. The van der Waals surface area contributed by atoms with Gasteiger partial charge in [0.05, 0.1) is 0 Å². The van der Waals surface area contributed by atoms with Crippen LogP contribution in [0.3, 0.4) is 0 Å². The van der Waals surface area contributed by atoms with Gasteiger partial charge in [-0.3, -0.25) is 0 Å². The number of rotatable bonds is 3. The molecule has 0 aromatic carbocycles. The van der Waals surface area contributed by atoms with Crippen molar-refractivity contribution in [1.82, 2.24) is 0 Å². The van der Waals surface area contributed by atoms with Gasteiger partial charge < -0.3 is 0 Å². The Bertz CT molecular complexity index is 147. The van der Waals surface area contributed by atoms with Crippen molar-refractivity contribution in [3.63, 3.8) is 0 Å². The van der Waals surface area contributed by atoms with Gasteiger partial charge in [-0.1, -0.05) is 50.3 Å². The van der Waals surface area contributed by atoms with Gasteiger partial charge >= 0.3 is 0 Å². The SMILES string of the molecule is C=C/C(C)=C\C=CC(C)C. The Hall–Kier alpha value is -0.780. The first kappa shape index (κ1) is 9.22. The maximum atomic E-state index is 3.66. The van der Waals surface area contributed by atoms with Gasteiger partial charge in [-0.2, -0.15) is 0 Å². The van der Waals surface area contributed by atoms with Gasteiger partial charge in [-0.15, -0.1) is 0 Å². The largest absolute Gasteiger partial charge is 0.0988 e. The molecule has 0 aromatic rings. The summed E-state index contributed by atoms with van der Waals surface area (Å²) < 4.78 is 0. The molecule has 0 rings (SSSR count). The van der Waals surface area contributed by atoms with Crippen LogP contribution in [0.1, 0.15) is 20.8 Å². The summed E-state index contributed by atoms with van der Waals surface area (Å²) in [6, 6.07) is 0. The second-order valence-corrected chi connectivity index (χ2v) is 2.74. The van der Waals surface area contributed by atoms with Crippen molar-refractivity contribution >= 4 is 0 Å². The first-order valence-corrected chi connectivity index (χ1v) is 3.64. The van der Waals surface area contributed by atoms with E-state index in [4.69, 9.17) is 0 Å². The smallest absolute Gasteiger partial charge is 0.0287 e. The fourth-order valence-electron chi connectivity index (χ4n) is 0.498. The van der Waals surface area contributed by atoms with Gasteiger partial charge in [0.15, 0.2) is 0 Å². The van der Waals surface area contributed by atoms with E-state index in [9.17, 15) is 0 Å². The fourth-order valence-corrected chi connectivity index (χ4v) is 0.498. The summed E-state index contributed by atoms with van der Waals surface area (Å²) in [5.74, 6) is 0.633. The molecule has 0 heterocycles. The Kier molecular flexibility index (Phi) is 4.65. The minimum absolute atomic E-state index is 0.633. The van der Waals surface area contributed by atoms with Crippen molar-refractivity contribution in [3.8, 4) is 0 Å². The van der Waals surface area contributed by atoms with Gasteiger partial charge in [0.2, 0.25) is 0 Å². The van der Waals surface area contributed by atoms with Crippen LogP contribution in [0.5, 0.6) is 0 Å². The molecule has 0 N–H and O–H groups in total. The van der Waals surface area contributed by atoms with Crippen molar-refractivity contribution in [3.05, 3.63) is 36.5 Å². The Morgan fingerprint density at radius 2 is 2.00 bits per heavy atom. The molecule has 0 saturated carbocycles. The first-order valence-electron chi connectivity index (χ1n) is 3.64. The van der Waals surface area contributed by atoms with E-state index in [1.807, 2.05) is 13.0 Å². The van der Waals surface area contributed by atoms with E-state index in [0.717, 1.165) is 0 Å². The molecule has 0 amide bonds. The molecule has 0 saturated heterocycles. The molecule has 0 fully saturated rings. The van der Waals surface area contributed by atoms with E-state index in [0.29, 0.717) is 5.92 Å². The summed E-state index contributed by atoms with van der Waals surface area (Å²) in [6.07, 6.45) is 8.15. The predicted molar refractivity (Wildman–Crippen MR) is 47.9 cm³/mol. The molecule has 0 unspecified atom stereocenters. The van der Waals surface area contributed by atoms with E-state index >= 15 is 0 Å². The highest BCUT2D eigenvalue weighted by Gasteiger charge is 1.80. The van der Waals surface area contributed by atoms with Crippen LogP contribution in [0, 0.1) is 5.92 Å². The zero-order valence-corrected chi connectivity index (χ0v) is 7.09. The zero-order valence-electron chi connectivity index (χ0n) is 7.09. The second-order valence-electron chi connectivity index (χ2n) is 2.74. The van der Waals surface area contributed by atoms with E-state index in [1.54, 1.807) is 0 Å². The van der Waals surface area contributed by atoms with Crippen molar-refractivity contribution in [2.75, 3.05) is 0 Å². The molecule has 56 valence electrons. The minimum Gasteiger partial charge on any atom is -0.0988 e. The van der Waals surface area contributed by atoms with E-state index in [2.05, 4.69) is 38.7 Å². The molecule has 0 nitrogen and oxygen atoms in total. The first-order chi connectivity index (χ1) is 4.66. The lowest BCUT2D eigenvalue weighted by molar-refractivity contribution is 0.832. The highest BCUT2D eigenvalue weighted by atomic mass is 13.9. The van der Waals surface area contributed by atoms with E-state index in [-0.39, 0.29) is 0 Å². The molecular formula is C10H16. The molecule has 0 aliphatic rings. The Balaban J connectivity index is 3.81. The molecule has 0 spiro atoms. The number of allylic oxidation sites excluding steroid dienone is 5. The summed E-state index contributed by atoms with van der Waals surface area (Å²) in [6.45, 7) is 10.0. The van der Waals surface area contributed by atoms with Gasteiger partial charge in [-0.05, 0) is 12.8 Å². The van der Waals surface area contributed by atoms with Gasteiger partial charge in [0, 0.05) is 0 Å². The molecule has 0 heteroatoms. The third-order valence-corrected chi connectivity index (χ3v) is 1.18. The van der Waals surface area contributed by atoms with Gasteiger partial charge in [0.1, 0.15) is 0 Å². The van der Waals surface area contributed by atoms with Gasteiger partial charge in [-0.25, -0.2) is 0 Å². The highest BCUT2D eigenvalue weighted by Crippen LogP contribution is 1.97. The second kappa shape index (κ2) is 5.04. The molecule has 0 bridgehead atoms. The molecule has 0 aromatic heterocycles. The molecule has 0 radical (unpaired) electrons.